The maximum Gasteiger partial charge on any atom is 0.262 e. The third kappa shape index (κ3) is 4.86. The first-order valence-corrected chi connectivity index (χ1v) is 11.7. The van der Waals surface area contributed by atoms with E-state index in [-0.39, 0.29) is 10.8 Å². The normalized spacial score (nSPS) is 13.2. The van der Waals surface area contributed by atoms with Gasteiger partial charge in [0.2, 0.25) is 0 Å². The van der Waals surface area contributed by atoms with Crippen molar-refractivity contribution >= 4 is 27.3 Å². The molecule has 7 nitrogen and oxygen atoms in total. The molecule has 0 unspecified atom stereocenters. The van der Waals surface area contributed by atoms with Crippen LogP contribution in [0.2, 0.25) is 0 Å². The summed E-state index contributed by atoms with van der Waals surface area (Å²) < 4.78 is 39.3. The lowest BCUT2D eigenvalue weighted by molar-refractivity contribution is 0.102. The summed E-state index contributed by atoms with van der Waals surface area (Å²) in [6.07, 6.45) is 0.738. The van der Waals surface area contributed by atoms with Gasteiger partial charge in [-0.15, -0.1) is 0 Å². The van der Waals surface area contributed by atoms with Crippen LogP contribution in [0.15, 0.2) is 65.6 Å². The van der Waals surface area contributed by atoms with E-state index in [1.807, 2.05) is 26.0 Å². The number of rotatable bonds is 5. The van der Waals surface area contributed by atoms with Crippen LogP contribution in [0, 0.1) is 13.8 Å². The second kappa shape index (κ2) is 8.92. The van der Waals surface area contributed by atoms with Crippen molar-refractivity contribution in [2.24, 2.45) is 0 Å². The largest absolute Gasteiger partial charge is 0.490 e. The first-order valence-electron chi connectivity index (χ1n) is 10.2. The number of aryl methyl sites for hydroxylation is 2. The predicted octanol–water partition coefficient (Wildman–Crippen LogP) is 4.52. The number of nitrogens with one attached hydrogen (secondary N) is 2. The summed E-state index contributed by atoms with van der Waals surface area (Å²) in [5.74, 6) is 0.716. The second-order valence-electron chi connectivity index (χ2n) is 7.60. The number of hydrogen-bond donors (Lipinski definition) is 2. The Balaban J connectivity index is 1.45. The maximum absolute atomic E-state index is 12.8. The van der Waals surface area contributed by atoms with Crippen LogP contribution in [0.5, 0.6) is 11.5 Å². The molecule has 1 aliphatic heterocycles. The summed E-state index contributed by atoms with van der Waals surface area (Å²) in [6, 6.07) is 16.5. The zero-order chi connectivity index (χ0) is 22.7. The summed E-state index contributed by atoms with van der Waals surface area (Å²) in [5, 5.41) is 2.82. The Morgan fingerprint density at radius 3 is 2.22 bits per heavy atom. The van der Waals surface area contributed by atoms with Gasteiger partial charge in [-0.25, -0.2) is 8.42 Å². The van der Waals surface area contributed by atoms with E-state index in [1.165, 1.54) is 12.1 Å². The Kier molecular flexibility index (Phi) is 6.05. The van der Waals surface area contributed by atoms with Crippen LogP contribution in [0.4, 0.5) is 11.4 Å². The molecule has 0 saturated carbocycles. The summed E-state index contributed by atoms with van der Waals surface area (Å²) >= 11 is 0. The molecule has 0 saturated heterocycles. The second-order valence-corrected chi connectivity index (χ2v) is 9.28. The highest BCUT2D eigenvalue weighted by Gasteiger charge is 2.19. The first kappa shape index (κ1) is 21.7. The number of carbonyl (C=O) groups excluding carboxylic acids is 1. The van der Waals surface area contributed by atoms with Crippen molar-refractivity contribution in [3.05, 3.63) is 77.4 Å². The molecular formula is C24H24N2O5S. The molecule has 0 radical (unpaired) electrons. The summed E-state index contributed by atoms with van der Waals surface area (Å²) in [4.78, 5) is 12.6. The van der Waals surface area contributed by atoms with Crippen molar-refractivity contribution in [3.63, 3.8) is 0 Å². The number of ether oxygens (including phenoxy) is 2. The summed E-state index contributed by atoms with van der Waals surface area (Å²) in [5.41, 5.74) is 3.66. The highest BCUT2D eigenvalue weighted by Crippen LogP contribution is 2.32. The molecule has 0 aliphatic carbocycles. The molecular weight excluding hydrogens is 428 g/mol. The minimum Gasteiger partial charge on any atom is -0.490 e. The average Bonchev–Trinajstić information content (AvgIpc) is 3.01. The van der Waals surface area contributed by atoms with Crippen molar-refractivity contribution < 1.29 is 22.7 Å². The van der Waals surface area contributed by atoms with Crippen LogP contribution in [0.3, 0.4) is 0 Å². The SMILES string of the molecule is Cc1ccc(C(=O)Nc2ccc(NS(=O)(=O)c3ccc4c(c3)OCCCO4)cc2)cc1C. The fraction of sp³-hybridized carbons (Fsp3) is 0.208. The third-order valence-electron chi connectivity index (χ3n) is 5.19. The van der Waals surface area contributed by atoms with E-state index in [0.29, 0.717) is 41.7 Å². The highest BCUT2D eigenvalue weighted by atomic mass is 32.2. The minimum atomic E-state index is -3.82. The van der Waals surface area contributed by atoms with Gasteiger partial charge in [0.15, 0.2) is 11.5 Å². The van der Waals surface area contributed by atoms with Crippen LogP contribution in [-0.4, -0.2) is 27.5 Å². The van der Waals surface area contributed by atoms with Gasteiger partial charge in [0.1, 0.15) is 0 Å². The maximum atomic E-state index is 12.8. The van der Waals surface area contributed by atoms with Gasteiger partial charge in [-0.2, -0.15) is 0 Å². The Labute approximate surface area is 187 Å². The van der Waals surface area contributed by atoms with Crippen molar-refractivity contribution in [2.45, 2.75) is 25.2 Å². The van der Waals surface area contributed by atoms with Gasteiger partial charge in [0.25, 0.3) is 15.9 Å². The van der Waals surface area contributed by atoms with E-state index >= 15 is 0 Å². The summed E-state index contributed by atoms with van der Waals surface area (Å²) in [6.45, 7) is 4.95. The molecule has 1 heterocycles. The predicted molar refractivity (Wildman–Crippen MR) is 123 cm³/mol. The van der Waals surface area contributed by atoms with E-state index in [1.54, 1.807) is 36.4 Å². The molecule has 166 valence electrons. The van der Waals surface area contributed by atoms with Gasteiger partial charge in [0.05, 0.1) is 18.1 Å². The molecule has 4 rings (SSSR count). The van der Waals surface area contributed by atoms with E-state index in [0.717, 1.165) is 17.5 Å². The fourth-order valence-corrected chi connectivity index (χ4v) is 4.31. The quantitative estimate of drug-likeness (QED) is 0.594. The number of sulfonamides is 1. The van der Waals surface area contributed by atoms with Crippen LogP contribution in [-0.2, 0) is 10.0 Å². The van der Waals surface area contributed by atoms with Gasteiger partial charge in [-0.1, -0.05) is 6.07 Å². The molecule has 0 atom stereocenters. The van der Waals surface area contributed by atoms with Gasteiger partial charge in [-0.3, -0.25) is 9.52 Å². The Morgan fingerprint density at radius 1 is 0.812 bits per heavy atom. The van der Waals surface area contributed by atoms with E-state index < -0.39 is 10.0 Å². The van der Waals surface area contributed by atoms with Crippen LogP contribution in [0.1, 0.15) is 27.9 Å². The number of hydrogen-bond acceptors (Lipinski definition) is 5. The smallest absolute Gasteiger partial charge is 0.262 e. The monoisotopic (exact) mass is 452 g/mol. The number of carbonyl (C=O) groups is 1. The molecule has 3 aromatic carbocycles. The molecule has 0 spiro atoms. The van der Waals surface area contributed by atoms with Gasteiger partial charge >= 0.3 is 0 Å². The number of benzene rings is 3. The molecule has 0 bridgehead atoms. The molecule has 1 aliphatic rings. The van der Waals surface area contributed by atoms with Gasteiger partial charge in [-0.05, 0) is 73.5 Å². The average molecular weight is 453 g/mol. The van der Waals surface area contributed by atoms with Crippen molar-refractivity contribution in [1.82, 2.24) is 0 Å². The van der Waals surface area contributed by atoms with E-state index in [9.17, 15) is 13.2 Å². The van der Waals surface area contributed by atoms with E-state index in [2.05, 4.69) is 10.0 Å². The fourth-order valence-electron chi connectivity index (χ4n) is 3.23. The number of amides is 1. The van der Waals surface area contributed by atoms with Crippen molar-refractivity contribution in [2.75, 3.05) is 23.3 Å². The molecule has 8 heteroatoms. The summed E-state index contributed by atoms with van der Waals surface area (Å²) in [7, 11) is -3.82. The van der Waals surface area contributed by atoms with Gasteiger partial charge < -0.3 is 14.8 Å². The minimum absolute atomic E-state index is 0.0777. The first-order chi connectivity index (χ1) is 15.3. The molecule has 3 aromatic rings. The molecule has 2 N–H and O–H groups in total. The van der Waals surface area contributed by atoms with Crippen LogP contribution < -0.4 is 19.5 Å². The van der Waals surface area contributed by atoms with Crippen molar-refractivity contribution in [1.29, 1.82) is 0 Å². The Bertz CT molecular complexity index is 1250. The van der Waals surface area contributed by atoms with E-state index in [4.69, 9.17) is 9.47 Å². The standard InChI is InChI=1S/C24H24N2O5S/c1-16-4-5-18(14-17(16)2)24(27)25-19-6-8-20(9-7-19)26-32(28,29)21-10-11-22-23(15-21)31-13-3-12-30-22/h4-11,14-15,26H,3,12-13H2,1-2H3,(H,25,27). The zero-order valence-electron chi connectivity index (χ0n) is 17.8. The third-order valence-corrected chi connectivity index (χ3v) is 6.57. The lowest BCUT2D eigenvalue weighted by atomic mass is 10.1. The Morgan fingerprint density at radius 2 is 1.50 bits per heavy atom. The molecule has 1 amide bonds. The lowest BCUT2D eigenvalue weighted by Crippen LogP contribution is -2.14. The van der Waals surface area contributed by atoms with Crippen molar-refractivity contribution in [3.8, 4) is 11.5 Å². The highest BCUT2D eigenvalue weighted by molar-refractivity contribution is 7.92. The molecule has 0 fully saturated rings. The molecule has 32 heavy (non-hydrogen) atoms. The number of fused-ring (bicyclic) bond motifs is 1. The zero-order valence-corrected chi connectivity index (χ0v) is 18.7. The van der Waals surface area contributed by atoms with Crippen LogP contribution in [0.25, 0.3) is 0 Å². The Hall–Kier alpha value is -3.52. The topological polar surface area (TPSA) is 93.7 Å². The lowest BCUT2D eigenvalue weighted by Gasteiger charge is -2.12. The van der Waals surface area contributed by atoms with Gasteiger partial charge in [0, 0.05) is 29.4 Å². The van der Waals surface area contributed by atoms with Crippen LogP contribution >= 0.6 is 0 Å². The molecule has 0 aromatic heterocycles. The number of anilines is 2.